The molecule has 2 heterocycles. The van der Waals surface area contributed by atoms with Crippen molar-refractivity contribution in [2.24, 2.45) is 0 Å². The van der Waals surface area contributed by atoms with Gasteiger partial charge in [-0.2, -0.15) is 0 Å². The zero-order valence-electron chi connectivity index (χ0n) is 7.99. The number of amides is 1. The van der Waals surface area contributed by atoms with Gasteiger partial charge in [0.2, 0.25) is 5.91 Å². The smallest absolute Gasteiger partial charge is 0.222 e. The molecule has 4 nitrogen and oxygen atoms in total. The summed E-state index contributed by atoms with van der Waals surface area (Å²) in [6.45, 7) is 2.32. The molecule has 1 aromatic rings. The summed E-state index contributed by atoms with van der Waals surface area (Å²) in [6, 6.07) is 3.76. The number of nitrogens with one attached hydrogen (secondary N) is 1. The number of hydrogen-bond acceptors (Lipinski definition) is 3. The topological polar surface area (TPSA) is 54.5 Å². The first-order valence-electron chi connectivity index (χ1n) is 4.58. The fraction of sp³-hybridized carbons (Fsp3) is 0.400. The lowest BCUT2D eigenvalue weighted by Crippen LogP contribution is -2.07. The Morgan fingerprint density at radius 1 is 1.71 bits per heavy atom. The summed E-state index contributed by atoms with van der Waals surface area (Å²) in [5.74, 6) is 0.494. The van der Waals surface area contributed by atoms with Gasteiger partial charge in [0.15, 0.2) is 0 Å². The minimum absolute atomic E-state index is 0.101. The van der Waals surface area contributed by atoms with Gasteiger partial charge in [-0.05, 0) is 11.6 Å². The molecular formula is C10H12N2O2. The maximum atomic E-state index is 10.7. The Balaban J connectivity index is 1.97. The Labute approximate surface area is 82.3 Å². The van der Waals surface area contributed by atoms with Gasteiger partial charge in [-0.3, -0.25) is 4.79 Å². The highest BCUT2D eigenvalue weighted by molar-refractivity contribution is 5.87. The minimum atomic E-state index is -0.101. The van der Waals surface area contributed by atoms with E-state index in [1.165, 1.54) is 6.92 Å². The Hall–Kier alpha value is -1.42. The molecule has 0 radical (unpaired) electrons. The largest absolute Gasteiger partial charge is 0.373 e. The van der Waals surface area contributed by atoms with Crippen LogP contribution in [0.4, 0.5) is 5.82 Å². The Morgan fingerprint density at radius 2 is 2.50 bits per heavy atom. The van der Waals surface area contributed by atoms with Gasteiger partial charge in [0, 0.05) is 19.5 Å². The van der Waals surface area contributed by atoms with Crippen LogP contribution in [-0.2, 0) is 16.0 Å². The molecule has 1 saturated heterocycles. The van der Waals surface area contributed by atoms with E-state index in [1.807, 2.05) is 6.07 Å². The zero-order chi connectivity index (χ0) is 9.97. The quantitative estimate of drug-likeness (QED) is 0.726. The number of carbonyl (C=O) groups excluding carboxylic acids is 1. The van der Waals surface area contributed by atoms with Gasteiger partial charge in [0.1, 0.15) is 5.82 Å². The lowest BCUT2D eigenvalue weighted by atomic mass is 10.2. The van der Waals surface area contributed by atoms with E-state index in [1.54, 1.807) is 12.3 Å². The van der Waals surface area contributed by atoms with E-state index in [0.717, 1.165) is 18.6 Å². The number of carbonyl (C=O) groups is 1. The van der Waals surface area contributed by atoms with Crippen molar-refractivity contribution in [2.45, 2.75) is 19.4 Å². The SMILES string of the molecule is CC(=O)Nc1ccc(C[C@H]2CO2)cn1. The fourth-order valence-corrected chi connectivity index (χ4v) is 1.25. The number of ether oxygens (including phenoxy) is 1. The summed E-state index contributed by atoms with van der Waals surface area (Å²) >= 11 is 0. The van der Waals surface area contributed by atoms with Gasteiger partial charge in [-0.1, -0.05) is 6.07 Å². The van der Waals surface area contributed by atoms with Crippen LogP contribution in [0, 0.1) is 0 Å². The van der Waals surface area contributed by atoms with Crippen LogP contribution in [0.2, 0.25) is 0 Å². The lowest BCUT2D eigenvalue weighted by Gasteiger charge is -2.01. The summed E-state index contributed by atoms with van der Waals surface area (Å²) in [6.07, 6.45) is 3.06. The van der Waals surface area contributed by atoms with Crippen LogP contribution in [-0.4, -0.2) is 23.6 Å². The number of hydrogen-bond donors (Lipinski definition) is 1. The van der Waals surface area contributed by atoms with Crippen molar-refractivity contribution in [1.82, 2.24) is 4.98 Å². The molecule has 0 aliphatic carbocycles. The van der Waals surface area contributed by atoms with Crippen molar-refractivity contribution in [3.63, 3.8) is 0 Å². The molecule has 0 saturated carbocycles. The fourth-order valence-electron chi connectivity index (χ4n) is 1.25. The number of epoxide rings is 1. The van der Waals surface area contributed by atoms with E-state index in [9.17, 15) is 4.79 Å². The van der Waals surface area contributed by atoms with E-state index >= 15 is 0 Å². The minimum Gasteiger partial charge on any atom is -0.373 e. The third-order valence-corrected chi connectivity index (χ3v) is 1.99. The Morgan fingerprint density at radius 3 is 3.00 bits per heavy atom. The maximum Gasteiger partial charge on any atom is 0.222 e. The molecule has 0 spiro atoms. The van der Waals surface area contributed by atoms with E-state index in [-0.39, 0.29) is 5.91 Å². The second-order valence-electron chi connectivity index (χ2n) is 3.39. The van der Waals surface area contributed by atoms with Crippen molar-refractivity contribution in [3.05, 3.63) is 23.9 Å². The second-order valence-corrected chi connectivity index (χ2v) is 3.39. The predicted octanol–water partition coefficient (Wildman–Crippen LogP) is 0.981. The summed E-state index contributed by atoms with van der Waals surface area (Å²) < 4.78 is 5.11. The molecule has 1 N–H and O–H groups in total. The average Bonchev–Trinajstić information content (AvgIpc) is 2.91. The first-order valence-corrected chi connectivity index (χ1v) is 4.58. The first-order chi connectivity index (χ1) is 6.74. The molecule has 14 heavy (non-hydrogen) atoms. The van der Waals surface area contributed by atoms with Gasteiger partial charge in [-0.25, -0.2) is 4.98 Å². The molecule has 1 atom stereocenters. The Bertz CT molecular complexity index is 330. The lowest BCUT2D eigenvalue weighted by molar-refractivity contribution is -0.114. The zero-order valence-corrected chi connectivity index (χ0v) is 7.99. The molecular weight excluding hydrogens is 180 g/mol. The number of anilines is 1. The molecule has 0 unspecified atom stereocenters. The van der Waals surface area contributed by atoms with Crippen LogP contribution in [0.1, 0.15) is 12.5 Å². The maximum absolute atomic E-state index is 10.7. The summed E-state index contributed by atoms with van der Waals surface area (Å²) in [5, 5.41) is 2.62. The highest BCUT2D eigenvalue weighted by Gasteiger charge is 2.22. The van der Waals surface area contributed by atoms with E-state index in [0.29, 0.717) is 11.9 Å². The molecule has 74 valence electrons. The summed E-state index contributed by atoms with van der Waals surface area (Å²) in [4.78, 5) is 14.8. The third-order valence-electron chi connectivity index (χ3n) is 1.99. The van der Waals surface area contributed by atoms with Gasteiger partial charge < -0.3 is 10.1 Å². The first kappa shape index (κ1) is 9.15. The molecule has 2 rings (SSSR count). The number of rotatable bonds is 3. The standard InChI is InChI=1S/C10H12N2O2/c1-7(13)12-10-3-2-8(5-11-10)4-9-6-14-9/h2-3,5,9H,4,6H2,1H3,(H,11,12,13)/t9-/m0/s1. The average molecular weight is 192 g/mol. The number of nitrogens with zero attached hydrogens (tertiary/aromatic N) is 1. The third kappa shape index (κ3) is 2.53. The van der Waals surface area contributed by atoms with E-state index < -0.39 is 0 Å². The van der Waals surface area contributed by atoms with Crippen molar-refractivity contribution >= 4 is 11.7 Å². The van der Waals surface area contributed by atoms with Crippen LogP contribution in [0.25, 0.3) is 0 Å². The van der Waals surface area contributed by atoms with Crippen LogP contribution >= 0.6 is 0 Å². The highest BCUT2D eigenvalue weighted by atomic mass is 16.6. The van der Waals surface area contributed by atoms with E-state index in [4.69, 9.17) is 4.74 Å². The van der Waals surface area contributed by atoms with Crippen molar-refractivity contribution in [3.8, 4) is 0 Å². The number of aromatic nitrogens is 1. The van der Waals surface area contributed by atoms with E-state index in [2.05, 4.69) is 10.3 Å². The molecule has 0 bridgehead atoms. The Kier molecular flexibility index (Phi) is 2.45. The summed E-state index contributed by atoms with van der Waals surface area (Å²) in [7, 11) is 0. The van der Waals surface area contributed by atoms with Crippen LogP contribution < -0.4 is 5.32 Å². The van der Waals surface area contributed by atoms with Crippen LogP contribution in [0.5, 0.6) is 0 Å². The molecule has 0 aromatic carbocycles. The molecule has 1 amide bonds. The molecule has 4 heteroatoms. The van der Waals surface area contributed by atoms with Gasteiger partial charge in [-0.15, -0.1) is 0 Å². The molecule has 1 aliphatic rings. The van der Waals surface area contributed by atoms with Crippen molar-refractivity contribution in [2.75, 3.05) is 11.9 Å². The normalized spacial score (nSPS) is 19.1. The van der Waals surface area contributed by atoms with Crippen LogP contribution in [0.3, 0.4) is 0 Å². The molecule has 1 aliphatic heterocycles. The highest BCUT2D eigenvalue weighted by Crippen LogP contribution is 2.16. The summed E-state index contributed by atoms with van der Waals surface area (Å²) in [5.41, 5.74) is 1.14. The van der Waals surface area contributed by atoms with Gasteiger partial charge in [0.25, 0.3) is 0 Å². The second kappa shape index (κ2) is 3.75. The number of pyridine rings is 1. The van der Waals surface area contributed by atoms with Gasteiger partial charge >= 0.3 is 0 Å². The van der Waals surface area contributed by atoms with Gasteiger partial charge in [0.05, 0.1) is 12.7 Å². The van der Waals surface area contributed by atoms with Crippen LogP contribution in [0.15, 0.2) is 18.3 Å². The molecule has 1 aromatic heterocycles. The predicted molar refractivity (Wildman–Crippen MR) is 52.0 cm³/mol. The van der Waals surface area contributed by atoms with Crippen molar-refractivity contribution in [1.29, 1.82) is 0 Å². The van der Waals surface area contributed by atoms with Crippen molar-refractivity contribution < 1.29 is 9.53 Å². The molecule has 1 fully saturated rings. The monoisotopic (exact) mass is 192 g/mol.